The van der Waals surface area contributed by atoms with Crippen LogP contribution in [-0.4, -0.2) is 101 Å². The van der Waals surface area contributed by atoms with Crippen LogP contribution in [0, 0.1) is 0 Å². The molecule has 1 rings (SSSR count). The third-order valence-corrected chi connectivity index (χ3v) is 6.08. The first-order valence-electron chi connectivity index (χ1n) is 12.8. The smallest absolute Gasteiger partial charge is 0.320 e. The Morgan fingerprint density at radius 3 is 2.02 bits per heavy atom. The maximum absolute atomic E-state index is 12.9. The van der Waals surface area contributed by atoms with E-state index in [1.54, 1.807) is 30.3 Å². The average Bonchev–Trinajstić information content (AvgIpc) is 2.94. The fourth-order valence-corrected chi connectivity index (χ4v) is 3.66. The van der Waals surface area contributed by atoms with Crippen molar-refractivity contribution in [2.75, 3.05) is 25.4 Å². The molecule has 0 saturated heterocycles. The van der Waals surface area contributed by atoms with Crippen molar-refractivity contribution in [1.82, 2.24) is 21.3 Å². The van der Waals surface area contributed by atoms with Crippen molar-refractivity contribution in [2.45, 2.75) is 55.9 Å². The highest BCUT2D eigenvalue weighted by molar-refractivity contribution is 7.80. The summed E-state index contributed by atoms with van der Waals surface area (Å²) in [4.78, 5) is 72.2. The molecule has 0 aliphatic carbocycles. The predicted molar refractivity (Wildman–Crippen MR) is 152 cm³/mol. The minimum atomic E-state index is -1.25. The lowest BCUT2D eigenvalue weighted by atomic mass is 10.0. The molecule has 0 bridgehead atoms. The molecule has 1 aromatic carbocycles. The zero-order valence-corrected chi connectivity index (χ0v) is 23.3. The number of aliphatic carboxylic acids is 2. The number of nitrogens with one attached hydrogen (secondary N) is 4. The summed E-state index contributed by atoms with van der Waals surface area (Å²) < 4.78 is 0. The van der Waals surface area contributed by atoms with Crippen molar-refractivity contribution in [3.63, 3.8) is 0 Å². The summed E-state index contributed by atoms with van der Waals surface area (Å²) in [5, 5.41) is 28.2. The van der Waals surface area contributed by atoms with E-state index in [4.69, 9.17) is 27.4 Å². The number of carbonyl (C=O) groups excluding carboxylic acids is 4. The minimum Gasteiger partial charge on any atom is -0.481 e. The van der Waals surface area contributed by atoms with Crippen molar-refractivity contribution in [2.24, 2.45) is 17.2 Å². The summed E-state index contributed by atoms with van der Waals surface area (Å²) in [6.07, 6.45) is -0.786. The summed E-state index contributed by atoms with van der Waals surface area (Å²) in [5.41, 5.74) is 18.0. The van der Waals surface area contributed by atoms with Crippen molar-refractivity contribution in [3.05, 3.63) is 35.9 Å². The molecule has 228 valence electrons. The summed E-state index contributed by atoms with van der Waals surface area (Å²) in [6.45, 7) is -0.355. The summed E-state index contributed by atoms with van der Waals surface area (Å²) in [5.74, 6) is -4.60. The van der Waals surface area contributed by atoms with Crippen LogP contribution in [0.2, 0.25) is 0 Å². The van der Waals surface area contributed by atoms with Crippen molar-refractivity contribution >= 4 is 48.1 Å². The standard InChI is InChI=1S/C25H39N7O8S/c26-15(25(39)40)6-7-20(33)32-19(10-14-4-2-1-3-5-14)24(38)31-13-17(28)22(36)16(27)12-30-18(11-21(34)35)23(37)29-8-9-41/h1-5,15-19,30,41H,6-13,26-28H2,(H,29,37)(H,31,38)(H,32,33)(H,34,35)(H,39,40)/t15-,16?,17-,18-,19-/m0/s1. The van der Waals surface area contributed by atoms with Crippen LogP contribution in [0.15, 0.2) is 30.3 Å². The number of hydrogen-bond donors (Lipinski definition) is 10. The highest BCUT2D eigenvalue weighted by atomic mass is 32.1. The fourth-order valence-electron chi connectivity index (χ4n) is 3.55. The van der Waals surface area contributed by atoms with Crippen LogP contribution >= 0.6 is 12.6 Å². The Balaban J connectivity index is 2.74. The first-order valence-corrected chi connectivity index (χ1v) is 13.5. The Labute approximate surface area is 242 Å². The molecule has 16 heteroatoms. The highest BCUT2D eigenvalue weighted by Gasteiger charge is 2.27. The Kier molecular flexibility index (Phi) is 16.2. The number of hydrogen-bond acceptors (Lipinski definition) is 11. The van der Waals surface area contributed by atoms with Gasteiger partial charge in [0.1, 0.15) is 12.1 Å². The number of nitrogens with two attached hydrogens (primary N) is 3. The summed E-state index contributed by atoms with van der Waals surface area (Å²) >= 11 is 3.97. The maximum atomic E-state index is 12.9. The Morgan fingerprint density at radius 1 is 0.829 bits per heavy atom. The molecular formula is C25H39N7O8S. The minimum absolute atomic E-state index is 0.107. The van der Waals surface area contributed by atoms with Gasteiger partial charge in [-0.2, -0.15) is 12.6 Å². The molecule has 0 spiro atoms. The van der Waals surface area contributed by atoms with Crippen molar-refractivity contribution in [1.29, 1.82) is 0 Å². The van der Waals surface area contributed by atoms with Crippen LogP contribution in [0.4, 0.5) is 0 Å². The van der Waals surface area contributed by atoms with Gasteiger partial charge >= 0.3 is 11.9 Å². The number of carboxylic acid groups (broad SMARTS) is 2. The average molecular weight is 598 g/mol. The first kappa shape index (κ1) is 35.5. The van der Waals surface area contributed by atoms with E-state index in [0.29, 0.717) is 5.75 Å². The van der Waals surface area contributed by atoms with Gasteiger partial charge in [0.15, 0.2) is 5.78 Å². The van der Waals surface area contributed by atoms with E-state index in [1.807, 2.05) is 0 Å². The van der Waals surface area contributed by atoms with Gasteiger partial charge in [-0.3, -0.25) is 28.8 Å². The van der Waals surface area contributed by atoms with Gasteiger partial charge in [0, 0.05) is 38.2 Å². The number of carboxylic acids is 2. The lowest BCUT2D eigenvalue weighted by Gasteiger charge is -2.22. The first-order chi connectivity index (χ1) is 19.3. The van der Waals surface area contributed by atoms with E-state index in [9.17, 15) is 28.8 Å². The molecule has 0 heterocycles. The second-order valence-electron chi connectivity index (χ2n) is 9.23. The van der Waals surface area contributed by atoms with E-state index in [0.717, 1.165) is 5.56 Å². The van der Waals surface area contributed by atoms with Crippen LogP contribution in [0.3, 0.4) is 0 Å². The van der Waals surface area contributed by atoms with Gasteiger partial charge in [0.2, 0.25) is 17.7 Å². The monoisotopic (exact) mass is 597 g/mol. The molecular weight excluding hydrogens is 558 g/mol. The second-order valence-corrected chi connectivity index (χ2v) is 9.67. The molecule has 0 aliphatic heterocycles. The van der Waals surface area contributed by atoms with Gasteiger partial charge in [-0.1, -0.05) is 30.3 Å². The van der Waals surface area contributed by atoms with Gasteiger partial charge in [0.25, 0.3) is 0 Å². The zero-order valence-electron chi connectivity index (χ0n) is 22.5. The number of carbonyl (C=O) groups is 6. The van der Waals surface area contributed by atoms with Gasteiger partial charge in [-0.25, -0.2) is 0 Å². The van der Waals surface area contributed by atoms with E-state index in [2.05, 4.69) is 33.9 Å². The summed E-state index contributed by atoms with van der Waals surface area (Å²) in [7, 11) is 0. The molecule has 0 fully saturated rings. The molecule has 1 unspecified atom stereocenters. The fraction of sp³-hybridized carbons (Fsp3) is 0.520. The zero-order chi connectivity index (χ0) is 30.9. The third kappa shape index (κ3) is 14.1. The van der Waals surface area contributed by atoms with Gasteiger partial charge in [0.05, 0.1) is 24.5 Å². The highest BCUT2D eigenvalue weighted by Crippen LogP contribution is 2.05. The van der Waals surface area contributed by atoms with Crippen LogP contribution in [0.5, 0.6) is 0 Å². The lowest BCUT2D eigenvalue weighted by Crippen LogP contribution is -2.56. The molecule has 1 aromatic rings. The molecule has 0 radical (unpaired) electrons. The Hall–Kier alpha value is -3.57. The van der Waals surface area contributed by atoms with Crippen LogP contribution in [-0.2, 0) is 35.2 Å². The quantitative estimate of drug-likeness (QED) is 0.0663. The van der Waals surface area contributed by atoms with E-state index >= 15 is 0 Å². The van der Waals surface area contributed by atoms with Crippen LogP contribution in [0.1, 0.15) is 24.8 Å². The molecule has 0 aromatic heterocycles. The summed E-state index contributed by atoms with van der Waals surface area (Å²) in [6, 6.07) is 2.92. The Morgan fingerprint density at radius 2 is 1.44 bits per heavy atom. The number of amides is 3. The van der Waals surface area contributed by atoms with E-state index in [-0.39, 0.29) is 38.9 Å². The van der Waals surface area contributed by atoms with Gasteiger partial charge in [-0.15, -0.1) is 0 Å². The van der Waals surface area contributed by atoms with E-state index < -0.39 is 72.1 Å². The number of rotatable bonds is 20. The molecule has 3 amide bonds. The molecule has 41 heavy (non-hydrogen) atoms. The lowest BCUT2D eigenvalue weighted by molar-refractivity contribution is -0.140. The molecule has 12 N–H and O–H groups in total. The normalized spacial score (nSPS) is 14.5. The van der Waals surface area contributed by atoms with Crippen molar-refractivity contribution in [3.8, 4) is 0 Å². The SMILES string of the molecule is NC(CN[C@@H](CC(=O)O)C(=O)NCCS)C(=O)[C@@H](N)CNC(=O)[C@H](Cc1ccccc1)NC(=O)CC[C@H](N)C(=O)O. The number of ketones is 1. The van der Waals surface area contributed by atoms with E-state index in [1.165, 1.54) is 0 Å². The molecule has 0 saturated carbocycles. The predicted octanol–water partition coefficient (Wildman–Crippen LogP) is -3.28. The molecule has 5 atom stereocenters. The van der Waals surface area contributed by atoms with Crippen molar-refractivity contribution < 1.29 is 39.0 Å². The molecule has 15 nitrogen and oxygen atoms in total. The van der Waals surface area contributed by atoms with Crippen LogP contribution in [0.25, 0.3) is 0 Å². The van der Waals surface area contributed by atoms with Crippen LogP contribution < -0.4 is 38.5 Å². The number of Topliss-reactive ketones (excluding diaryl/α,β-unsaturated/α-hetero) is 1. The Bertz CT molecular complexity index is 1050. The number of thiol groups is 1. The van der Waals surface area contributed by atoms with Gasteiger partial charge < -0.3 is 48.7 Å². The third-order valence-electron chi connectivity index (χ3n) is 5.85. The number of benzene rings is 1. The van der Waals surface area contributed by atoms with Gasteiger partial charge in [-0.05, 0) is 12.0 Å². The maximum Gasteiger partial charge on any atom is 0.320 e. The second kappa shape index (κ2) is 18.7. The topological polar surface area (TPSA) is 269 Å². The largest absolute Gasteiger partial charge is 0.481 e. The molecule has 0 aliphatic rings.